The van der Waals surface area contributed by atoms with Gasteiger partial charge in [0.05, 0.1) is 23.0 Å². The number of carbonyl (C=O) groups is 1. The van der Waals surface area contributed by atoms with Crippen LogP contribution in [0.1, 0.15) is 35.5 Å². The molecule has 142 valence electrons. The molecule has 0 fully saturated rings. The van der Waals surface area contributed by atoms with E-state index in [0.29, 0.717) is 17.8 Å². The Labute approximate surface area is 150 Å². The summed E-state index contributed by atoms with van der Waals surface area (Å²) in [6.45, 7) is 8.83. The van der Waals surface area contributed by atoms with Crippen LogP contribution in [0.3, 0.4) is 0 Å². The van der Waals surface area contributed by atoms with Crippen LogP contribution >= 0.6 is 0 Å². The molecule has 2 rings (SSSR count). The average Bonchev–Trinajstić information content (AvgIpc) is 2.99. The van der Waals surface area contributed by atoms with E-state index in [1.165, 1.54) is 16.9 Å². The zero-order valence-electron chi connectivity index (χ0n) is 15.0. The molecule has 0 atom stereocenters. The van der Waals surface area contributed by atoms with Gasteiger partial charge < -0.3 is 10.2 Å². The van der Waals surface area contributed by atoms with Crippen molar-refractivity contribution in [1.82, 2.24) is 25.0 Å². The predicted octanol–water partition coefficient (Wildman–Crippen LogP) is 2.67. The topological polar surface area (TPSA) is 63.1 Å². The van der Waals surface area contributed by atoms with Crippen LogP contribution in [-0.2, 0) is 6.18 Å². The number of amides is 1. The molecule has 0 aliphatic heterocycles. The van der Waals surface area contributed by atoms with Gasteiger partial charge in [0.2, 0.25) is 0 Å². The Morgan fingerprint density at radius 3 is 2.46 bits per heavy atom. The molecule has 2 aromatic heterocycles. The normalized spacial score (nSPS) is 11.8. The second kappa shape index (κ2) is 8.31. The van der Waals surface area contributed by atoms with Crippen LogP contribution in [0.15, 0.2) is 24.5 Å². The number of hydrogen-bond donors (Lipinski definition) is 1. The summed E-state index contributed by atoms with van der Waals surface area (Å²) < 4.78 is 39.2. The Morgan fingerprint density at radius 1 is 1.23 bits per heavy atom. The van der Waals surface area contributed by atoms with E-state index >= 15 is 0 Å². The molecule has 0 spiro atoms. The van der Waals surface area contributed by atoms with E-state index in [9.17, 15) is 18.0 Å². The van der Waals surface area contributed by atoms with Gasteiger partial charge in [-0.05, 0) is 32.1 Å². The molecule has 26 heavy (non-hydrogen) atoms. The fourth-order valence-electron chi connectivity index (χ4n) is 2.51. The molecule has 0 bridgehead atoms. The van der Waals surface area contributed by atoms with Gasteiger partial charge in [-0.25, -0.2) is 9.67 Å². The lowest BCUT2D eigenvalue weighted by molar-refractivity contribution is -0.137. The number of nitrogens with zero attached hydrogens (tertiary/aromatic N) is 4. The molecular formula is C17H22F3N5O. The Balaban J connectivity index is 2.08. The zero-order valence-corrected chi connectivity index (χ0v) is 15.0. The molecule has 9 heteroatoms. The summed E-state index contributed by atoms with van der Waals surface area (Å²) >= 11 is 0. The molecule has 0 radical (unpaired) electrons. The molecule has 0 aromatic carbocycles. The van der Waals surface area contributed by atoms with Gasteiger partial charge in [0, 0.05) is 19.3 Å². The number of nitrogens with one attached hydrogen (secondary N) is 1. The molecule has 0 saturated heterocycles. The van der Waals surface area contributed by atoms with Gasteiger partial charge in [-0.2, -0.15) is 18.3 Å². The largest absolute Gasteiger partial charge is 0.417 e. The minimum absolute atomic E-state index is 0.220. The molecule has 0 aliphatic rings. The van der Waals surface area contributed by atoms with Crippen LogP contribution in [0.4, 0.5) is 13.2 Å². The van der Waals surface area contributed by atoms with E-state index < -0.39 is 11.7 Å². The van der Waals surface area contributed by atoms with Crippen molar-refractivity contribution in [2.24, 2.45) is 0 Å². The highest BCUT2D eigenvalue weighted by molar-refractivity contribution is 5.95. The highest BCUT2D eigenvalue weighted by Gasteiger charge is 2.30. The number of carbonyl (C=O) groups excluding carboxylic acids is 1. The Morgan fingerprint density at radius 2 is 1.92 bits per heavy atom. The van der Waals surface area contributed by atoms with E-state index in [0.717, 1.165) is 31.9 Å². The summed E-state index contributed by atoms with van der Waals surface area (Å²) in [7, 11) is 0. The average molecular weight is 369 g/mol. The number of alkyl halides is 3. The van der Waals surface area contributed by atoms with E-state index in [4.69, 9.17) is 0 Å². The molecule has 1 amide bonds. The van der Waals surface area contributed by atoms with Gasteiger partial charge in [-0.3, -0.25) is 4.79 Å². The van der Waals surface area contributed by atoms with Crippen molar-refractivity contribution in [2.75, 3.05) is 26.2 Å². The first kappa shape index (κ1) is 19.9. The van der Waals surface area contributed by atoms with Crippen molar-refractivity contribution in [1.29, 1.82) is 0 Å². The number of rotatable bonds is 7. The van der Waals surface area contributed by atoms with Crippen molar-refractivity contribution in [2.45, 2.75) is 26.9 Å². The van der Waals surface area contributed by atoms with Crippen LogP contribution in [0, 0.1) is 6.92 Å². The van der Waals surface area contributed by atoms with Gasteiger partial charge in [-0.1, -0.05) is 13.8 Å². The van der Waals surface area contributed by atoms with Crippen LogP contribution < -0.4 is 5.32 Å². The van der Waals surface area contributed by atoms with Gasteiger partial charge in [-0.15, -0.1) is 0 Å². The highest BCUT2D eigenvalue weighted by Crippen LogP contribution is 2.28. The van der Waals surface area contributed by atoms with E-state index in [1.54, 1.807) is 6.92 Å². The fraction of sp³-hybridized carbons (Fsp3) is 0.471. The molecule has 0 saturated carbocycles. The second-order valence-electron chi connectivity index (χ2n) is 5.74. The second-order valence-corrected chi connectivity index (χ2v) is 5.74. The third-order valence-electron chi connectivity index (χ3n) is 4.15. The fourth-order valence-corrected chi connectivity index (χ4v) is 2.51. The molecule has 2 aromatic rings. The van der Waals surface area contributed by atoms with Crippen LogP contribution in [0.5, 0.6) is 0 Å². The lowest BCUT2D eigenvalue weighted by Gasteiger charge is -2.17. The van der Waals surface area contributed by atoms with Gasteiger partial charge in [0.1, 0.15) is 0 Å². The van der Waals surface area contributed by atoms with Gasteiger partial charge >= 0.3 is 6.18 Å². The van der Waals surface area contributed by atoms with Crippen LogP contribution in [0.25, 0.3) is 5.82 Å². The lowest BCUT2D eigenvalue weighted by Crippen LogP contribution is -2.34. The Kier molecular flexibility index (Phi) is 6.36. The molecular weight excluding hydrogens is 347 g/mol. The van der Waals surface area contributed by atoms with E-state index in [-0.39, 0.29) is 11.7 Å². The van der Waals surface area contributed by atoms with E-state index in [2.05, 4.69) is 34.1 Å². The van der Waals surface area contributed by atoms with Gasteiger partial charge in [0.15, 0.2) is 5.82 Å². The number of likely N-dealkylation sites (N-methyl/N-ethyl adjacent to an activating group) is 1. The summed E-state index contributed by atoms with van der Waals surface area (Å²) in [5.74, 6) is -0.0505. The summed E-state index contributed by atoms with van der Waals surface area (Å²) in [5, 5.41) is 6.91. The summed E-state index contributed by atoms with van der Waals surface area (Å²) in [6.07, 6.45) is -2.30. The first-order valence-electron chi connectivity index (χ1n) is 8.36. The van der Waals surface area contributed by atoms with Gasteiger partial charge in [0.25, 0.3) is 5.91 Å². The Bertz CT molecular complexity index is 736. The zero-order chi connectivity index (χ0) is 19.3. The monoisotopic (exact) mass is 369 g/mol. The lowest BCUT2D eigenvalue weighted by atomic mass is 10.2. The van der Waals surface area contributed by atoms with Crippen molar-refractivity contribution in [3.8, 4) is 5.82 Å². The molecule has 6 nitrogen and oxygen atoms in total. The van der Waals surface area contributed by atoms with Crippen LogP contribution in [0.2, 0.25) is 0 Å². The summed E-state index contributed by atoms with van der Waals surface area (Å²) in [5.41, 5.74) is 0.0456. The minimum atomic E-state index is -4.44. The van der Waals surface area contributed by atoms with Crippen molar-refractivity contribution in [3.05, 3.63) is 41.3 Å². The molecule has 0 aliphatic carbocycles. The van der Waals surface area contributed by atoms with Crippen molar-refractivity contribution < 1.29 is 18.0 Å². The highest BCUT2D eigenvalue weighted by atomic mass is 19.4. The number of aromatic nitrogens is 3. The SMILES string of the molecule is CCN(CC)CCNC(=O)c1cnn(-c2ccc(C(F)(F)F)cn2)c1C. The van der Waals surface area contributed by atoms with Crippen LogP contribution in [-0.4, -0.2) is 51.8 Å². The first-order valence-corrected chi connectivity index (χ1v) is 8.36. The maximum absolute atomic E-state index is 12.6. The minimum Gasteiger partial charge on any atom is -0.351 e. The number of pyridine rings is 1. The summed E-state index contributed by atoms with van der Waals surface area (Å²) in [6, 6.07) is 2.16. The standard InChI is InChI=1S/C17H22F3N5O/c1-4-24(5-2)9-8-21-16(26)14-11-23-25(12(14)3)15-7-6-13(10-22-15)17(18,19)20/h6-7,10-11H,4-5,8-9H2,1-3H3,(H,21,26). The molecule has 2 heterocycles. The van der Waals surface area contributed by atoms with E-state index in [1.807, 2.05) is 0 Å². The number of hydrogen-bond acceptors (Lipinski definition) is 4. The molecule has 1 N–H and O–H groups in total. The quantitative estimate of drug-likeness (QED) is 0.815. The number of halogens is 3. The maximum atomic E-state index is 12.6. The van der Waals surface area contributed by atoms with Crippen molar-refractivity contribution in [3.63, 3.8) is 0 Å². The third-order valence-corrected chi connectivity index (χ3v) is 4.15. The van der Waals surface area contributed by atoms with Crippen molar-refractivity contribution >= 4 is 5.91 Å². The summed E-state index contributed by atoms with van der Waals surface area (Å²) in [4.78, 5) is 18.3. The smallest absolute Gasteiger partial charge is 0.351 e. The Hall–Kier alpha value is -2.42. The maximum Gasteiger partial charge on any atom is 0.417 e. The molecule has 0 unspecified atom stereocenters. The third kappa shape index (κ3) is 4.60. The first-order chi connectivity index (χ1) is 12.3. The predicted molar refractivity (Wildman–Crippen MR) is 91.2 cm³/mol.